The minimum atomic E-state index is -0.0662. The van der Waals surface area contributed by atoms with E-state index < -0.39 is 0 Å². The molecule has 0 atom stereocenters. The Morgan fingerprint density at radius 2 is 1.06 bits per heavy atom. The quantitative estimate of drug-likeness (QED) is 0.180. The van der Waals surface area contributed by atoms with Crippen LogP contribution in [-0.2, 0) is 5.41 Å². The van der Waals surface area contributed by atoms with Gasteiger partial charge in [0.05, 0.1) is 32.5 Å². The Hall–Kier alpha value is -5.64. The largest absolute Gasteiger partial charge is 0.309 e. The Kier molecular flexibility index (Phi) is 5.09. The maximum absolute atomic E-state index is 2.51. The normalized spacial score (nSPS) is 13.8. The highest BCUT2D eigenvalue weighted by molar-refractivity contribution is 7.26. The lowest BCUT2D eigenvalue weighted by atomic mass is 9.82. The highest BCUT2D eigenvalue weighted by Gasteiger charge is 2.35. The first-order valence-electron chi connectivity index (χ1n) is 16.7. The van der Waals surface area contributed by atoms with Crippen molar-refractivity contribution in [3.63, 3.8) is 0 Å². The zero-order valence-corrected chi connectivity index (χ0v) is 27.5. The van der Waals surface area contributed by atoms with E-state index in [0.29, 0.717) is 0 Å². The molecule has 10 aromatic rings. The van der Waals surface area contributed by atoms with Gasteiger partial charge in [0.2, 0.25) is 0 Å². The average Bonchev–Trinajstić information content (AvgIpc) is 3.83. The maximum Gasteiger partial charge on any atom is 0.0640 e. The van der Waals surface area contributed by atoms with Gasteiger partial charge >= 0.3 is 0 Å². The fourth-order valence-electron chi connectivity index (χ4n) is 8.71. The number of para-hydroxylation sites is 2. The predicted molar refractivity (Wildman–Crippen MR) is 206 cm³/mol. The van der Waals surface area contributed by atoms with E-state index in [1.54, 1.807) is 0 Å². The van der Waals surface area contributed by atoms with Crippen molar-refractivity contribution in [2.75, 3.05) is 0 Å². The van der Waals surface area contributed by atoms with Crippen molar-refractivity contribution in [1.82, 2.24) is 9.13 Å². The Bertz CT molecular complexity index is 2980. The summed E-state index contributed by atoms with van der Waals surface area (Å²) in [5, 5.41) is 7.76. The molecule has 7 aromatic carbocycles. The van der Waals surface area contributed by atoms with Gasteiger partial charge in [0.25, 0.3) is 0 Å². The van der Waals surface area contributed by atoms with Crippen molar-refractivity contribution in [3.8, 4) is 22.5 Å². The fraction of sp³-hybridized carbons (Fsp3) is 0.0667. The van der Waals surface area contributed by atoms with Crippen molar-refractivity contribution >= 4 is 75.1 Å². The molecule has 3 aromatic heterocycles. The van der Waals surface area contributed by atoms with Crippen molar-refractivity contribution in [3.05, 3.63) is 157 Å². The zero-order chi connectivity index (χ0) is 31.7. The molecule has 0 spiro atoms. The summed E-state index contributed by atoms with van der Waals surface area (Å²) in [7, 11) is 0. The van der Waals surface area contributed by atoms with E-state index in [4.69, 9.17) is 0 Å². The molecular formula is C45H30N2S. The Morgan fingerprint density at radius 3 is 1.88 bits per heavy atom. The lowest BCUT2D eigenvalue weighted by Gasteiger charge is -2.22. The molecule has 0 bridgehead atoms. The molecule has 0 N–H and O–H groups in total. The number of aromatic nitrogens is 2. The van der Waals surface area contributed by atoms with Crippen LogP contribution >= 0.6 is 11.3 Å². The lowest BCUT2D eigenvalue weighted by molar-refractivity contribution is 0.660. The van der Waals surface area contributed by atoms with Gasteiger partial charge in [-0.3, -0.25) is 0 Å². The molecule has 48 heavy (non-hydrogen) atoms. The molecule has 226 valence electrons. The van der Waals surface area contributed by atoms with E-state index >= 15 is 0 Å². The number of thiophene rings is 1. The summed E-state index contributed by atoms with van der Waals surface area (Å²) in [6.45, 7) is 4.73. The summed E-state index contributed by atoms with van der Waals surface area (Å²) in [6.07, 6.45) is 0. The molecule has 2 nitrogen and oxygen atoms in total. The van der Waals surface area contributed by atoms with Gasteiger partial charge < -0.3 is 9.13 Å². The van der Waals surface area contributed by atoms with Crippen LogP contribution in [0.1, 0.15) is 25.0 Å². The molecule has 3 heteroatoms. The summed E-state index contributed by atoms with van der Waals surface area (Å²) < 4.78 is 7.64. The minimum absolute atomic E-state index is 0.0662. The van der Waals surface area contributed by atoms with Crippen LogP contribution in [-0.4, -0.2) is 9.13 Å². The number of hydrogen-bond acceptors (Lipinski definition) is 1. The minimum Gasteiger partial charge on any atom is -0.309 e. The summed E-state index contributed by atoms with van der Waals surface area (Å²) in [6, 6.07) is 54.3. The van der Waals surface area contributed by atoms with Gasteiger partial charge in [-0.25, -0.2) is 0 Å². The first-order valence-corrected chi connectivity index (χ1v) is 17.5. The van der Waals surface area contributed by atoms with Gasteiger partial charge in [0.15, 0.2) is 0 Å². The first-order chi connectivity index (χ1) is 23.6. The second-order valence-electron chi connectivity index (χ2n) is 13.7. The summed E-state index contributed by atoms with van der Waals surface area (Å²) in [5.41, 5.74) is 12.8. The van der Waals surface area contributed by atoms with Gasteiger partial charge in [-0.05, 0) is 70.8 Å². The van der Waals surface area contributed by atoms with E-state index in [1.807, 2.05) is 11.3 Å². The summed E-state index contributed by atoms with van der Waals surface area (Å²) in [4.78, 5) is 0. The number of nitrogens with zero attached hydrogens (tertiary/aromatic N) is 2. The summed E-state index contributed by atoms with van der Waals surface area (Å²) >= 11 is 1.89. The number of rotatable bonds is 2. The maximum atomic E-state index is 2.51. The smallest absolute Gasteiger partial charge is 0.0640 e. The third kappa shape index (κ3) is 3.31. The van der Waals surface area contributed by atoms with Gasteiger partial charge in [-0.2, -0.15) is 0 Å². The zero-order valence-electron chi connectivity index (χ0n) is 26.7. The van der Waals surface area contributed by atoms with Crippen LogP contribution in [0.2, 0.25) is 0 Å². The Morgan fingerprint density at radius 1 is 0.438 bits per heavy atom. The van der Waals surface area contributed by atoms with Crippen LogP contribution in [0.3, 0.4) is 0 Å². The van der Waals surface area contributed by atoms with Crippen LogP contribution < -0.4 is 0 Å². The molecule has 0 saturated carbocycles. The van der Waals surface area contributed by atoms with E-state index in [9.17, 15) is 0 Å². The number of benzene rings is 7. The van der Waals surface area contributed by atoms with Crippen molar-refractivity contribution < 1.29 is 0 Å². The van der Waals surface area contributed by atoms with Gasteiger partial charge in [0, 0.05) is 48.1 Å². The fourth-order valence-corrected chi connectivity index (χ4v) is 9.91. The van der Waals surface area contributed by atoms with E-state index in [2.05, 4.69) is 169 Å². The molecule has 3 heterocycles. The first kappa shape index (κ1) is 26.4. The van der Waals surface area contributed by atoms with Crippen LogP contribution in [0.4, 0.5) is 0 Å². The number of hydrogen-bond donors (Lipinski definition) is 0. The third-order valence-electron chi connectivity index (χ3n) is 10.9. The van der Waals surface area contributed by atoms with Gasteiger partial charge in [-0.15, -0.1) is 11.3 Å². The van der Waals surface area contributed by atoms with Crippen LogP contribution in [0, 0.1) is 0 Å². The molecule has 0 saturated heterocycles. The van der Waals surface area contributed by atoms with Gasteiger partial charge in [-0.1, -0.05) is 111 Å². The molecule has 11 rings (SSSR count). The second kappa shape index (κ2) is 9.25. The van der Waals surface area contributed by atoms with Crippen molar-refractivity contribution in [1.29, 1.82) is 0 Å². The molecule has 0 aliphatic heterocycles. The monoisotopic (exact) mass is 630 g/mol. The molecule has 1 aliphatic rings. The predicted octanol–water partition coefficient (Wildman–Crippen LogP) is 12.6. The van der Waals surface area contributed by atoms with Crippen LogP contribution in [0.15, 0.2) is 146 Å². The van der Waals surface area contributed by atoms with Crippen LogP contribution in [0.5, 0.6) is 0 Å². The molecule has 0 amide bonds. The molecule has 0 radical (unpaired) electrons. The molecule has 0 unspecified atom stereocenters. The molecular weight excluding hydrogens is 601 g/mol. The van der Waals surface area contributed by atoms with E-state index in [0.717, 1.165) is 0 Å². The SMILES string of the molecule is CC1(C)c2ccccc2-c2ccc(-n3c4ccccc4c4cc5c6ccccc6n(-c6cccc7c6sc6ccccc67)c5cc43)cc21. The lowest BCUT2D eigenvalue weighted by Crippen LogP contribution is -2.15. The Labute approximate surface area is 281 Å². The Balaban J connectivity index is 1.25. The molecule has 1 aliphatic carbocycles. The van der Waals surface area contributed by atoms with Gasteiger partial charge in [0.1, 0.15) is 0 Å². The topological polar surface area (TPSA) is 9.86 Å². The highest BCUT2D eigenvalue weighted by atomic mass is 32.1. The third-order valence-corrected chi connectivity index (χ3v) is 12.1. The standard InChI is InChI=1S/C45H30N2S/c1-45(2)36-17-7-3-12-28(36)29-23-22-27(24-37(29)45)46-38-18-8-4-13-30(38)34-25-35-31-14-5-9-19-39(31)47(42(35)26-41(34)46)40-20-11-16-33-32-15-6-10-21-43(32)48-44(33)40/h3-26H,1-2H3. The van der Waals surface area contributed by atoms with Crippen molar-refractivity contribution in [2.45, 2.75) is 19.3 Å². The van der Waals surface area contributed by atoms with Crippen LogP contribution in [0.25, 0.3) is 86.3 Å². The summed E-state index contributed by atoms with van der Waals surface area (Å²) in [5.74, 6) is 0. The second-order valence-corrected chi connectivity index (χ2v) is 14.8. The highest BCUT2D eigenvalue weighted by Crippen LogP contribution is 2.50. The molecule has 0 fully saturated rings. The average molecular weight is 631 g/mol. The van der Waals surface area contributed by atoms with E-state index in [-0.39, 0.29) is 5.41 Å². The number of fused-ring (bicyclic) bond motifs is 12. The van der Waals surface area contributed by atoms with E-state index in [1.165, 1.54) is 97.4 Å². The van der Waals surface area contributed by atoms with Crippen molar-refractivity contribution in [2.24, 2.45) is 0 Å².